The summed E-state index contributed by atoms with van der Waals surface area (Å²) in [5.74, 6) is 0. The second-order valence-corrected chi connectivity index (χ2v) is 4.02. The summed E-state index contributed by atoms with van der Waals surface area (Å²) in [6, 6.07) is 8.65. The van der Waals surface area contributed by atoms with Gasteiger partial charge in [-0.1, -0.05) is 30.3 Å². The third kappa shape index (κ3) is 0.802. The second-order valence-electron chi connectivity index (χ2n) is 4.02. The topological polar surface area (TPSA) is 9.23 Å². The molecule has 2 aliphatic rings. The van der Waals surface area contributed by atoms with E-state index in [9.17, 15) is 0 Å². The van der Waals surface area contributed by atoms with Crippen molar-refractivity contribution in [3.8, 4) is 0 Å². The fourth-order valence-electron chi connectivity index (χ4n) is 2.39. The SMILES string of the molecule is CC1=CC2(COC2)c2ccccc21. The number of hydrogen-bond acceptors (Lipinski definition) is 1. The molecule has 0 unspecified atom stereocenters. The maximum atomic E-state index is 5.32. The molecule has 0 radical (unpaired) electrons. The summed E-state index contributed by atoms with van der Waals surface area (Å²) in [5, 5.41) is 0. The Kier molecular flexibility index (Phi) is 1.26. The highest BCUT2D eigenvalue weighted by molar-refractivity contribution is 5.75. The number of rotatable bonds is 0. The molecule has 1 aromatic carbocycles. The molecule has 1 aliphatic heterocycles. The average molecular weight is 172 g/mol. The van der Waals surface area contributed by atoms with E-state index in [1.165, 1.54) is 16.7 Å². The van der Waals surface area contributed by atoms with Crippen molar-refractivity contribution < 1.29 is 4.74 Å². The summed E-state index contributed by atoms with van der Waals surface area (Å²) >= 11 is 0. The summed E-state index contributed by atoms with van der Waals surface area (Å²) < 4.78 is 5.32. The summed E-state index contributed by atoms with van der Waals surface area (Å²) in [7, 11) is 0. The largest absolute Gasteiger partial charge is 0.379 e. The number of ether oxygens (including phenoxy) is 1. The Labute approximate surface area is 78.0 Å². The van der Waals surface area contributed by atoms with E-state index < -0.39 is 0 Å². The van der Waals surface area contributed by atoms with Gasteiger partial charge in [0, 0.05) is 0 Å². The van der Waals surface area contributed by atoms with Crippen LogP contribution in [-0.4, -0.2) is 13.2 Å². The molecule has 0 saturated carbocycles. The normalized spacial score (nSPS) is 22.4. The summed E-state index contributed by atoms with van der Waals surface area (Å²) in [6.07, 6.45) is 2.36. The van der Waals surface area contributed by atoms with Gasteiger partial charge in [0.1, 0.15) is 0 Å². The van der Waals surface area contributed by atoms with Crippen LogP contribution < -0.4 is 0 Å². The average Bonchev–Trinajstić information content (AvgIpc) is 2.40. The monoisotopic (exact) mass is 172 g/mol. The number of fused-ring (bicyclic) bond motifs is 2. The molecule has 13 heavy (non-hydrogen) atoms. The highest BCUT2D eigenvalue weighted by Crippen LogP contribution is 2.44. The van der Waals surface area contributed by atoms with E-state index in [0.717, 1.165) is 13.2 Å². The minimum Gasteiger partial charge on any atom is -0.379 e. The van der Waals surface area contributed by atoms with Crippen LogP contribution in [-0.2, 0) is 10.2 Å². The fourth-order valence-corrected chi connectivity index (χ4v) is 2.39. The van der Waals surface area contributed by atoms with Gasteiger partial charge in [0.05, 0.1) is 18.6 Å². The highest BCUT2D eigenvalue weighted by Gasteiger charge is 2.43. The van der Waals surface area contributed by atoms with Gasteiger partial charge in [-0.2, -0.15) is 0 Å². The van der Waals surface area contributed by atoms with Gasteiger partial charge in [0.15, 0.2) is 0 Å². The first-order valence-electron chi connectivity index (χ1n) is 4.69. The lowest BCUT2D eigenvalue weighted by Gasteiger charge is -2.37. The standard InChI is InChI=1S/C12H12O/c1-9-6-12(7-13-8-12)11-5-3-2-4-10(9)11/h2-6H,7-8H2,1H3. The van der Waals surface area contributed by atoms with Crippen molar-refractivity contribution in [3.63, 3.8) is 0 Å². The van der Waals surface area contributed by atoms with E-state index in [-0.39, 0.29) is 5.41 Å². The zero-order valence-electron chi connectivity index (χ0n) is 7.71. The van der Waals surface area contributed by atoms with Gasteiger partial charge >= 0.3 is 0 Å². The predicted molar refractivity (Wildman–Crippen MR) is 52.6 cm³/mol. The van der Waals surface area contributed by atoms with Crippen LogP contribution in [0.5, 0.6) is 0 Å². The molecule has 1 heterocycles. The molecule has 1 saturated heterocycles. The van der Waals surface area contributed by atoms with Crippen molar-refractivity contribution in [2.75, 3.05) is 13.2 Å². The van der Waals surface area contributed by atoms with E-state index in [0.29, 0.717) is 0 Å². The molecule has 1 nitrogen and oxygen atoms in total. The Bertz CT molecular complexity index is 386. The van der Waals surface area contributed by atoms with Gasteiger partial charge in [0.25, 0.3) is 0 Å². The molecule has 1 aromatic rings. The van der Waals surface area contributed by atoms with E-state index in [1.807, 2.05) is 0 Å². The Morgan fingerprint density at radius 2 is 2.00 bits per heavy atom. The van der Waals surface area contributed by atoms with Crippen LogP contribution in [0.3, 0.4) is 0 Å². The molecule has 1 heteroatoms. The molecular formula is C12H12O. The first kappa shape index (κ1) is 7.34. The van der Waals surface area contributed by atoms with Crippen molar-refractivity contribution in [2.24, 2.45) is 0 Å². The van der Waals surface area contributed by atoms with E-state index in [4.69, 9.17) is 4.74 Å². The van der Waals surface area contributed by atoms with Gasteiger partial charge in [-0.15, -0.1) is 0 Å². The lowest BCUT2D eigenvalue weighted by Crippen LogP contribution is -2.43. The lowest BCUT2D eigenvalue weighted by molar-refractivity contribution is -0.0324. The van der Waals surface area contributed by atoms with E-state index in [2.05, 4.69) is 37.3 Å². The first-order valence-corrected chi connectivity index (χ1v) is 4.69. The van der Waals surface area contributed by atoms with Crippen LogP contribution >= 0.6 is 0 Å². The number of allylic oxidation sites excluding steroid dienone is 1. The number of hydrogen-bond donors (Lipinski definition) is 0. The molecule has 1 fully saturated rings. The van der Waals surface area contributed by atoms with Crippen LogP contribution in [0.15, 0.2) is 30.3 Å². The molecule has 1 aliphatic carbocycles. The smallest absolute Gasteiger partial charge is 0.0621 e. The maximum Gasteiger partial charge on any atom is 0.0621 e. The minimum atomic E-state index is 0.237. The Hall–Kier alpha value is -1.08. The van der Waals surface area contributed by atoms with E-state index in [1.54, 1.807) is 0 Å². The Balaban J connectivity index is 2.22. The Morgan fingerprint density at radius 3 is 2.69 bits per heavy atom. The third-order valence-electron chi connectivity index (χ3n) is 3.10. The molecule has 66 valence electrons. The Morgan fingerprint density at radius 1 is 1.23 bits per heavy atom. The van der Waals surface area contributed by atoms with Gasteiger partial charge in [-0.25, -0.2) is 0 Å². The zero-order chi connectivity index (χ0) is 8.89. The van der Waals surface area contributed by atoms with Crippen LogP contribution in [0.4, 0.5) is 0 Å². The quantitative estimate of drug-likeness (QED) is 0.583. The molecular weight excluding hydrogens is 160 g/mol. The first-order chi connectivity index (χ1) is 6.32. The summed E-state index contributed by atoms with van der Waals surface area (Å²) in [6.45, 7) is 3.91. The van der Waals surface area contributed by atoms with Crippen LogP contribution in [0, 0.1) is 0 Å². The van der Waals surface area contributed by atoms with Crippen LogP contribution in [0.25, 0.3) is 5.57 Å². The second kappa shape index (κ2) is 2.24. The molecule has 1 spiro atoms. The van der Waals surface area contributed by atoms with Crippen molar-refractivity contribution in [2.45, 2.75) is 12.3 Å². The van der Waals surface area contributed by atoms with Crippen LogP contribution in [0.1, 0.15) is 18.1 Å². The highest BCUT2D eigenvalue weighted by atomic mass is 16.5. The van der Waals surface area contributed by atoms with Crippen molar-refractivity contribution in [1.29, 1.82) is 0 Å². The van der Waals surface area contributed by atoms with E-state index >= 15 is 0 Å². The molecule has 0 N–H and O–H groups in total. The summed E-state index contributed by atoms with van der Waals surface area (Å²) in [5.41, 5.74) is 4.50. The van der Waals surface area contributed by atoms with Gasteiger partial charge in [0.2, 0.25) is 0 Å². The molecule has 0 aromatic heterocycles. The zero-order valence-corrected chi connectivity index (χ0v) is 7.71. The van der Waals surface area contributed by atoms with Crippen LogP contribution in [0.2, 0.25) is 0 Å². The maximum absolute atomic E-state index is 5.32. The molecule has 3 rings (SSSR count). The molecule has 0 atom stereocenters. The van der Waals surface area contributed by atoms with Gasteiger partial charge < -0.3 is 4.74 Å². The molecule has 0 amide bonds. The number of benzene rings is 1. The van der Waals surface area contributed by atoms with Crippen molar-refractivity contribution >= 4 is 5.57 Å². The minimum absolute atomic E-state index is 0.237. The third-order valence-corrected chi connectivity index (χ3v) is 3.10. The van der Waals surface area contributed by atoms with Crippen molar-refractivity contribution in [1.82, 2.24) is 0 Å². The fraction of sp³-hybridized carbons (Fsp3) is 0.333. The lowest BCUT2D eigenvalue weighted by atomic mass is 9.81. The predicted octanol–water partition coefficient (Wildman–Crippen LogP) is 2.37. The van der Waals surface area contributed by atoms with Crippen molar-refractivity contribution in [3.05, 3.63) is 41.5 Å². The van der Waals surface area contributed by atoms with Gasteiger partial charge in [-0.05, 0) is 23.6 Å². The summed E-state index contributed by atoms with van der Waals surface area (Å²) in [4.78, 5) is 0. The van der Waals surface area contributed by atoms with Gasteiger partial charge in [-0.3, -0.25) is 0 Å². The molecule has 0 bridgehead atoms.